The van der Waals surface area contributed by atoms with E-state index in [2.05, 4.69) is 0 Å². The van der Waals surface area contributed by atoms with E-state index in [0.29, 0.717) is 13.0 Å². The van der Waals surface area contributed by atoms with Gasteiger partial charge in [-0.3, -0.25) is 4.79 Å². The highest BCUT2D eigenvalue weighted by molar-refractivity contribution is 5.85. The molecule has 0 fully saturated rings. The fourth-order valence-electron chi connectivity index (χ4n) is 2.63. The summed E-state index contributed by atoms with van der Waals surface area (Å²) in [5.74, 6) is 0.794. The first kappa shape index (κ1) is 18.5. The zero-order valence-corrected chi connectivity index (χ0v) is 14.2. The third kappa shape index (κ3) is 3.81. The Morgan fingerprint density at radius 3 is 2.59 bits per heavy atom. The predicted molar refractivity (Wildman–Crippen MR) is 92.1 cm³/mol. The molecule has 0 bridgehead atoms. The Morgan fingerprint density at radius 2 is 2.00 bits per heavy atom. The van der Waals surface area contributed by atoms with Gasteiger partial charge in [0.25, 0.3) is 0 Å². The summed E-state index contributed by atoms with van der Waals surface area (Å²) < 4.78 is 5.87. The van der Waals surface area contributed by atoms with Gasteiger partial charge in [-0.25, -0.2) is 0 Å². The van der Waals surface area contributed by atoms with Gasteiger partial charge >= 0.3 is 0 Å². The van der Waals surface area contributed by atoms with Gasteiger partial charge in [0.15, 0.2) is 0 Å². The minimum absolute atomic E-state index is 0. The second-order valence-corrected chi connectivity index (χ2v) is 5.38. The third-order valence-electron chi connectivity index (χ3n) is 3.86. The van der Waals surface area contributed by atoms with Crippen molar-refractivity contribution in [2.45, 2.75) is 45.7 Å². The van der Waals surface area contributed by atoms with Crippen molar-refractivity contribution in [1.82, 2.24) is 4.90 Å². The summed E-state index contributed by atoms with van der Waals surface area (Å²) in [7, 11) is 0. The van der Waals surface area contributed by atoms with E-state index in [1.54, 1.807) is 4.90 Å². The molecule has 1 aromatic carbocycles. The van der Waals surface area contributed by atoms with Crippen molar-refractivity contribution in [2.75, 3.05) is 6.54 Å². The van der Waals surface area contributed by atoms with E-state index >= 15 is 0 Å². The highest BCUT2D eigenvalue weighted by Crippen LogP contribution is 2.27. The monoisotopic (exact) mass is 324 g/mol. The van der Waals surface area contributed by atoms with E-state index in [4.69, 9.17) is 10.2 Å². The highest BCUT2D eigenvalue weighted by atomic mass is 35.5. The summed E-state index contributed by atoms with van der Waals surface area (Å²) in [6.07, 6.45) is 1.62. The Kier molecular flexibility index (Phi) is 6.91. The molecule has 0 saturated heterocycles. The average molecular weight is 325 g/mol. The lowest BCUT2D eigenvalue weighted by Gasteiger charge is -2.29. The second-order valence-electron chi connectivity index (χ2n) is 5.38. The molecule has 2 N–H and O–H groups in total. The number of hydrogen-bond acceptors (Lipinski definition) is 3. The van der Waals surface area contributed by atoms with Gasteiger partial charge in [0.2, 0.25) is 5.91 Å². The number of rotatable bonds is 6. The van der Waals surface area contributed by atoms with Crippen LogP contribution in [-0.2, 0) is 4.79 Å². The Hall–Kier alpha value is -1.52. The van der Waals surface area contributed by atoms with E-state index in [0.717, 1.165) is 23.2 Å². The average Bonchev–Trinajstić information content (AvgIpc) is 2.91. The Morgan fingerprint density at radius 1 is 1.32 bits per heavy atom. The van der Waals surface area contributed by atoms with Crippen molar-refractivity contribution in [3.05, 3.63) is 36.1 Å². The molecular weight excluding hydrogens is 300 g/mol. The van der Waals surface area contributed by atoms with Crippen molar-refractivity contribution < 1.29 is 9.21 Å². The Bertz CT molecular complexity index is 578. The lowest BCUT2D eigenvalue weighted by molar-refractivity contribution is -0.135. The number of benzene rings is 1. The molecule has 1 amide bonds. The zero-order chi connectivity index (χ0) is 15.4. The first-order valence-corrected chi connectivity index (χ1v) is 7.63. The minimum atomic E-state index is -0.429. The fourth-order valence-corrected chi connectivity index (χ4v) is 2.63. The van der Waals surface area contributed by atoms with E-state index in [1.807, 2.05) is 51.1 Å². The third-order valence-corrected chi connectivity index (χ3v) is 3.86. The predicted octanol–water partition coefficient (Wildman–Crippen LogP) is 3.89. The van der Waals surface area contributed by atoms with Crippen molar-refractivity contribution in [3.63, 3.8) is 0 Å². The normalized spacial score (nSPS) is 13.5. The van der Waals surface area contributed by atoms with Crippen molar-refractivity contribution in [1.29, 1.82) is 0 Å². The maximum Gasteiger partial charge on any atom is 0.240 e. The molecular formula is C17H25ClN2O2. The fraction of sp³-hybridized carbons (Fsp3) is 0.471. The molecule has 1 aromatic heterocycles. The molecule has 0 aliphatic carbocycles. The smallest absolute Gasteiger partial charge is 0.240 e. The number of nitrogens with zero attached hydrogens (tertiary/aromatic N) is 1. The van der Waals surface area contributed by atoms with Crippen molar-refractivity contribution >= 4 is 29.3 Å². The number of furan rings is 1. The van der Waals surface area contributed by atoms with Gasteiger partial charge in [-0.05, 0) is 32.4 Å². The summed E-state index contributed by atoms with van der Waals surface area (Å²) in [6, 6.07) is 9.33. The van der Waals surface area contributed by atoms with Crippen LogP contribution in [0.5, 0.6) is 0 Å². The molecule has 0 saturated carbocycles. The molecule has 122 valence electrons. The van der Waals surface area contributed by atoms with Crippen LogP contribution < -0.4 is 5.73 Å². The van der Waals surface area contributed by atoms with Gasteiger partial charge in [-0.1, -0.05) is 31.5 Å². The number of fused-ring (bicyclic) bond motifs is 1. The van der Waals surface area contributed by atoms with Crippen molar-refractivity contribution in [3.8, 4) is 0 Å². The second kappa shape index (κ2) is 8.20. The number of carbonyl (C=O) groups is 1. The summed E-state index contributed by atoms with van der Waals surface area (Å²) >= 11 is 0. The van der Waals surface area contributed by atoms with Gasteiger partial charge in [0.05, 0.1) is 12.1 Å². The number of amides is 1. The summed E-state index contributed by atoms with van der Waals surface area (Å²) in [4.78, 5) is 14.2. The number of nitrogens with two attached hydrogens (primary N) is 1. The molecule has 4 nitrogen and oxygen atoms in total. The first-order chi connectivity index (χ1) is 10.1. The minimum Gasteiger partial charge on any atom is -0.459 e. The molecule has 2 rings (SSSR count). The van der Waals surface area contributed by atoms with Crippen LogP contribution in [0.25, 0.3) is 11.0 Å². The Balaban J connectivity index is 0.00000242. The maximum absolute atomic E-state index is 12.5. The Labute approximate surface area is 138 Å². The van der Waals surface area contributed by atoms with Crippen LogP contribution in [0.3, 0.4) is 0 Å². The lowest BCUT2D eigenvalue weighted by atomic mass is 10.1. The molecule has 1 heterocycles. The van der Waals surface area contributed by atoms with E-state index in [-0.39, 0.29) is 24.4 Å². The van der Waals surface area contributed by atoms with E-state index in [1.165, 1.54) is 0 Å². The zero-order valence-electron chi connectivity index (χ0n) is 13.4. The molecule has 2 atom stereocenters. The topological polar surface area (TPSA) is 59.5 Å². The summed E-state index contributed by atoms with van der Waals surface area (Å²) in [6.45, 7) is 6.61. The molecule has 0 aliphatic rings. The summed E-state index contributed by atoms with van der Waals surface area (Å²) in [5, 5.41) is 1.06. The number of carbonyl (C=O) groups excluding carboxylic acids is 1. The number of likely N-dealkylation sites (N-methyl/N-ethyl adjacent to an activating group) is 1. The molecule has 2 aromatic rings. The van der Waals surface area contributed by atoms with Gasteiger partial charge in [-0.15, -0.1) is 12.4 Å². The van der Waals surface area contributed by atoms with Crippen LogP contribution in [0.1, 0.15) is 45.4 Å². The SMILES string of the molecule is CCCC(N)C(=O)N(CC)C(C)c1cc2ccccc2o1.Cl. The maximum atomic E-state index is 12.5. The number of hydrogen-bond donors (Lipinski definition) is 1. The number of halogens is 1. The molecule has 5 heteroatoms. The summed E-state index contributed by atoms with van der Waals surface area (Å²) in [5.41, 5.74) is 6.82. The largest absolute Gasteiger partial charge is 0.459 e. The molecule has 0 radical (unpaired) electrons. The molecule has 0 spiro atoms. The van der Waals surface area contributed by atoms with Gasteiger partial charge in [-0.2, -0.15) is 0 Å². The van der Waals surface area contributed by atoms with E-state index < -0.39 is 6.04 Å². The highest BCUT2D eigenvalue weighted by Gasteiger charge is 2.26. The standard InChI is InChI=1S/C17H24N2O2.ClH/c1-4-8-14(18)17(20)19(5-2)12(3)16-11-13-9-6-7-10-15(13)21-16;/h6-7,9-12,14H,4-5,8,18H2,1-3H3;1H. The van der Waals surface area contributed by atoms with Gasteiger partial charge < -0.3 is 15.1 Å². The van der Waals surface area contributed by atoms with Crippen LogP contribution in [0.2, 0.25) is 0 Å². The lowest BCUT2D eigenvalue weighted by Crippen LogP contribution is -2.44. The first-order valence-electron chi connectivity index (χ1n) is 7.63. The van der Waals surface area contributed by atoms with Crippen molar-refractivity contribution in [2.24, 2.45) is 5.73 Å². The molecule has 22 heavy (non-hydrogen) atoms. The molecule has 2 unspecified atom stereocenters. The van der Waals surface area contributed by atoms with Gasteiger partial charge in [0.1, 0.15) is 11.3 Å². The van der Waals surface area contributed by atoms with Crippen LogP contribution in [0, 0.1) is 0 Å². The quantitative estimate of drug-likeness (QED) is 0.876. The van der Waals surface area contributed by atoms with Crippen LogP contribution >= 0.6 is 12.4 Å². The van der Waals surface area contributed by atoms with Gasteiger partial charge in [0, 0.05) is 11.9 Å². The van der Waals surface area contributed by atoms with Crippen LogP contribution in [0.15, 0.2) is 34.7 Å². The van der Waals surface area contributed by atoms with Crippen LogP contribution in [0.4, 0.5) is 0 Å². The van der Waals surface area contributed by atoms with Crippen LogP contribution in [-0.4, -0.2) is 23.4 Å². The number of para-hydroxylation sites is 1. The molecule has 0 aliphatic heterocycles. The van der Waals surface area contributed by atoms with E-state index in [9.17, 15) is 4.79 Å².